The molecule has 11 atom stereocenters. The monoisotopic (exact) mass is 515 g/mol. The van der Waals surface area contributed by atoms with Gasteiger partial charge in [0.15, 0.2) is 0 Å². The molecule has 202 valence electrons. The van der Waals surface area contributed by atoms with Gasteiger partial charge in [-0.15, -0.1) is 0 Å². The molecule has 5 N–H and O–H groups in total. The van der Waals surface area contributed by atoms with Crippen molar-refractivity contribution in [2.45, 2.75) is 96.9 Å². The van der Waals surface area contributed by atoms with Gasteiger partial charge in [-0.05, 0) is 97.7 Å². The van der Waals surface area contributed by atoms with Crippen LogP contribution in [0.4, 0.5) is 0 Å². The average molecular weight is 516 g/mol. The number of nitrogens with one attached hydrogen (secondary N) is 1. The van der Waals surface area contributed by atoms with Crippen LogP contribution in [-0.4, -0.2) is 64.8 Å². The summed E-state index contributed by atoms with van der Waals surface area (Å²) >= 11 is 0. The highest BCUT2D eigenvalue weighted by atomic mass is 32.2. The van der Waals surface area contributed by atoms with Gasteiger partial charge in [-0.2, -0.15) is 8.42 Å². The number of aliphatic hydroxyl groups excluding tert-OH is 3. The van der Waals surface area contributed by atoms with Crippen LogP contribution >= 0.6 is 0 Å². The molecule has 4 rings (SSSR count). The molecule has 0 spiro atoms. The number of hydrogen-bond acceptors (Lipinski definition) is 6. The van der Waals surface area contributed by atoms with Crippen LogP contribution in [0.1, 0.15) is 78.6 Å². The van der Waals surface area contributed by atoms with Gasteiger partial charge in [0.05, 0.1) is 24.1 Å². The molecule has 0 aromatic rings. The predicted octanol–water partition coefficient (Wildman–Crippen LogP) is 2.37. The minimum atomic E-state index is -4.09. The summed E-state index contributed by atoms with van der Waals surface area (Å²) in [6.07, 6.45) is 5.62. The van der Waals surface area contributed by atoms with Crippen molar-refractivity contribution in [2.75, 3.05) is 12.3 Å². The summed E-state index contributed by atoms with van der Waals surface area (Å²) in [5.74, 6) is 1.26. The fourth-order valence-corrected chi connectivity index (χ4v) is 9.55. The van der Waals surface area contributed by atoms with Gasteiger partial charge in [-0.1, -0.05) is 20.8 Å². The SMILES string of the molecule is C[C@H](CCC(=O)NCCS(=O)(=O)O)[C@H]1CCC2C3CCC4C[C@H](O)C[C@@H](O)[C@]4(C)C3C[C@H](O)[C@@]21C. The van der Waals surface area contributed by atoms with Gasteiger partial charge in [0.2, 0.25) is 5.91 Å². The third-order valence-corrected chi connectivity index (χ3v) is 11.8. The Morgan fingerprint density at radius 1 is 0.971 bits per heavy atom. The number of fused-ring (bicyclic) bond motifs is 5. The van der Waals surface area contributed by atoms with Crippen molar-refractivity contribution in [1.29, 1.82) is 0 Å². The number of aliphatic hydroxyl groups is 3. The Bertz CT molecular complexity index is 896. The smallest absolute Gasteiger partial charge is 0.266 e. The molecule has 0 saturated heterocycles. The van der Waals surface area contributed by atoms with Gasteiger partial charge in [-0.3, -0.25) is 9.35 Å². The molecule has 0 aromatic heterocycles. The van der Waals surface area contributed by atoms with Crippen molar-refractivity contribution >= 4 is 16.0 Å². The van der Waals surface area contributed by atoms with E-state index in [1.54, 1.807) is 0 Å². The molecule has 0 aromatic carbocycles. The van der Waals surface area contributed by atoms with E-state index in [4.69, 9.17) is 4.55 Å². The van der Waals surface area contributed by atoms with Crippen LogP contribution < -0.4 is 5.32 Å². The fraction of sp³-hybridized carbons (Fsp3) is 0.962. The Morgan fingerprint density at radius 2 is 1.66 bits per heavy atom. The molecule has 8 nitrogen and oxygen atoms in total. The van der Waals surface area contributed by atoms with Crippen molar-refractivity contribution in [2.24, 2.45) is 46.3 Å². The molecule has 1 amide bonds. The van der Waals surface area contributed by atoms with E-state index in [9.17, 15) is 28.5 Å². The van der Waals surface area contributed by atoms with Crippen LogP contribution in [0.15, 0.2) is 0 Å². The Hall–Kier alpha value is -0.740. The van der Waals surface area contributed by atoms with Crippen molar-refractivity contribution in [3.05, 3.63) is 0 Å². The zero-order valence-electron chi connectivity index (χ0n) is 21.4. The lowest BCUT2D eigenvalue weighted by atomic mass is 9.43. The summed E-state index contributed by atoms with van der Waals surface area (Å²) in [6, 6.07) is 0. The van der Waals surface area contributed by atoms with E-state index in [1.165, 1.54) is 0 Å². The third kappa shape index (κ3) is 4.92. The number of hydrogen-bond donors (Lipinski definition) is 5. The zero-order chi connectivity index (χ0) is 25.8. The minimum Gasteiger partial charge on any atom is -0.393 e. The highest BCUT2D eigenvalue weighted by Crippen LogP contribution is 2.68. The van der Waals surface area contributed by atoms with E-state index < -0.39 is 34.2 Å². The summed E-state index contributed by atoms with van der Waals surface area (Å²) in [6.45, 7) is 6.51. The van der Waals surface area contributed by atoms with Crippen LogP contribution in [-0.2, 0) is 14.9 Å². The maximum atomic E-state index is 12.2. The van der Waals surface area contributed by atoms with E-state index in [0.29, 0.717) is 49.4 Å². The lowest BCUT2D eigenvalue weighted by Gasteiger charge is -2.63. The van der Waals surface area contributed by atoms with E-state index in [1.807, 2.05) is 0 Å². The van der Waals surface area contributed by atoms with E-state index in [-0.39, 0.29) is 35.1 Å². The highest BCUT2D eigenvalue weighted by Gasteiger charge is 2.65. The number of carbonyl (C=O) groups excluding carboxylic acids is 1. The largest absolute Gasteiger partial charge is 0.393 e. The van der Waals surface area contributed by atoms with Crippen LogP contribution in [0.25, 0.3) is 0 Å². The zero-order valence-corrected chi connectivity index (χ0v) is 22.2. The Morgan fingerprint density at radius 3 is 2.34 bits per heavy atom. The average Bonchev–Trinajstić information content (AvgIpc) is 3.12. The van der Waals surface area contributed by atoms with Crippen LogP contribution in [0, 0.1) is 46.3 Å². The van der Waals surface area contributed by atoms with Crippen LogP contribution in [0.2, 0.25) is 0 Å². The number of carbonyl (C=O) groups is 1. The topological polar surface area (TPSA) is 144 Å². The molecule has 0 radical (unpaired) electrons. The first kappa shape index (κ1) is 27.3. The minimum absolute atomic E-state index is 0.0975. The molecule has 4 saturated carbocycles. The molecule has 0 heterocycles. The van der Waals surface area contributed by atoms with Gasteiger partial charge in [0, 0.05) is 13.0 Å². The second-order valence-electron chi connectivity index (χ2n) is 12.6. The standard InChI is InChI=1S/C26H45NO7S/c1-15(4-9-24(31)27-10-11-35(32,33)34)19-7-8-20-18-6-5-16-12-17(28)13-22(29)25(16,2)21(18)14-23(30)26(19,20)3/h15-23,28-30H,4-14H2,1-3H3,(H,27,31)(H,32,33,34)/t15-,16?,17+,18?,19-,20?,21?,22-,23+,25+,26-/m1/s1. The molecular weight excluding hydrogens is 470 g/mol. The Kier molecular flexibility index (Phi) is 7.69. The van der Waals surface area contributed by atoms with Crippen LogP contribution in [0.3, 0.4) is 0 Å². The lowest BCUT2D eigenvalue weighted by molar-refractivity contribution is -0.207. The van der Waals surface area contributed by atoms with Gasteiger partial charge in [0.1, 0.15) is 0 Å². The van der Waals surface area contributed by atoms with Gasteiger partial charge < -0.3 is 20.6 Å². The van der Waals surface area contributed by atoms with Gasteiger partial charge in [-0.25, -0.2) is 0 Å². The van der Waals surface area contributed by atoms with Crippen molar-refractivity contribution in [3.63, 3.8) is 0 Å². The lowest BCUT2D eigenvalue weighted by Crippen LogP contribution is -2.62. The molecular formula is C26H45NO7S. The summed E-state index contributed by atoms with van der Waals surface area (Å²) < 4.78 is 30.5. The van der Waals surface area contributed by atoms with Crippen molar-refractivity contribution in [3.8, 4) is 0 Å². The maximum absolute atomic E-state index is 12.2. The third-order valence-electron chi connectivity index (χ3n) is 11.1. The summed E-state index contributed by atoms with van der Waals surface area (Å²) in [4.78, 5) is 12.2. The maximum Gasteiger partial charge on any atom is 0.266 e. The quantitative estimate of drug-likeness (QED) is 0.327. The summed E-state index contributed by atoms with van der Waals surface area (Å²) in [5.41, 5.74) is -0.474. The number of rotatable bonds is 7. The first-order valence-corrected chi connectivity index (χ1v) is 15.1. The molecule has 4 unspecified atom stereocenters. The molecule has 0 aliphatic heterocycles. The molecule has 35 heavy (non-hydrogen) atoms. The Balaban J connectivity index is 1.42. The molecule has 4 aliphatic carbocycles. The summed E-state index contributed by atoms with van der Waals surface area (Å²) in [7, 11) is -4.09. The van der Waals surface area contributed by atoms with Gasteiger partial charge in [0.25, 0.3) is 10.1 Å². The van der Waals surface area contributed by atoms with E-state index in [0.717, 1.165) is 32.1 Å². The first-order chi connectivity index (χ1) is 16.3. The van der Waals surface area contributed by atoms with Crippen molar-refractivity contribution in [1.82, 2.24) is 5.32 Å². The van der Waals surface area contributed by atoms with Crippen molar-refractivity contribution < 1.29 is 33.1 Å². The molecule has 0 bridgehead atoms. The van der Waals surface area contributed by atoms with E-state index in [2.05, 4.69) is 26.1 Å². The number of amides is 1. The Labute approximate surface area is 210 Å². The molecule has 4 fully saturated rings. The highest BCUT2D eigenvalue weighted by molar-refractivity contribution is 7.85. The fourth-order valence-electron chi connectivity index (χ4n) is 9.19. The second kappa shape index (κ2) is 9.86. The van der Waals surface area contributed by atoms with Crippen LogP contribution in [0.5, 0.6) is 0 Å². The second-order valence-corrected chi connectivity index (χ2v) is 14.2. The molecule has 9 heteroatoms. The summed E-state index contributed by atoms with van der Waals surface area (Å²) in [5, 5.41) is 35.6. The normalized spacial score (nSPS) is 46.3. The molecule has 4 aliphatic rings. The van der Waals surface area contributed by atoms with E-state index >= 15 is 0 Å². The predicted molar refractivity (Wildman–Crippen MR) is 132 cm³/mol. The first-order valence-electron chi connectivity index (χ1n) is 13.5. The van der Waals surface area contributed by atoms with Gasteiger partial charge >= 0.3 is 0 Å².